The van der Waals surface area contributed by atoms with E-state index < -0.39 is 0 Å². The van der Waals surface area contributed by atoms with E-state index in [0.29, 0.717) is 0 Å². The smallest absolute Gasteiger partial charge is 0.327 e. The van der Waals surface area contributed by atoms with Gasteiger partial charge >= 0.3 is 6.03 Å². The summed E-state index contributed by atoms with van der Waals surface area (Å²) in [7, 11) is 0. The Labute approximate surface area is 77.0 Å². The fourth-order valence-electron chi connectivity index (χ4n) is 1.67. The Morgan fingerprint density at radius 3 is 3.31 bits per heavy atom. The zero-order chi connectivity index (χ0) is 9.26. The maximum absolute atomic E-state index is 11.3. The third-order valence-corrected chi connectivity index (χ3v) is 2.30. The van der Waals surface area contributed by atoms with Crippen LogP contribution in [0.4, 0.5) is 4.79 Å². The number of aryl methyl sites for hydroxylation is 1. The molecule has 0 aliphatic carbocycles. The van der Waals surface area contributed by atoms with Crippen LogP contribution in [-0.2, 0) is 12.8 Å². The highest BCUT2D eigenvalue weighted by Gasteiger charge is 2.18. The van der Waals surface area contributed by atoms with Crippen LogP contribution in [0.15, 0.2) is 6.33 Å². The highest BCUT2D eigenvalue weighted by atomic mass is 16.2. The first-order chi connectivity index (χ1) is 6.33. The van der Waals surface area contributed by atoms with Gasteiger partial charge in [-0.25, -0.2) is 9.78 Å². The summed E-state index contributed by atoms with van der Waals surface area (Å²) in [5, 5.41) is 2.78. The third-order valence-electron chi connectivity index (χ3n) is 2.30. The summed E-state index contributed by atoms with van der Waals surface area (Å²) >= 11 is 0. The predicted molar refractivity (Wildman–Crippen MR) is 48.7 cm³/mol. The van der Waals surface area contributed by atoms with E-state index in [9.17, 15) is 4.79 Å². The van der Waals surface area contributed by atoms with E-state index in [1.165, 1.54) is 0 Å². The summed E-state index contributed by atoms with van der Waals surface area (Å²) in [6.07, 6.45) is 4.57. The normalized spacial score (nSPS) is 15.3. The molecule has 4 heteroatoms. The number of rotatable bonds is 2. The Bertz CT molecular complexity index is 330. The summed E-state index contributed by atoms with van der Waals surface area (Å²) in [5.74, 6) is 0. The lowest BCUT2D eigenvalue weighted by Gasteiger charge is -2.15. The molecule has 0 spiro atoms. The molecule has 0 radical (unpaired) electrons. The average molecular weight is 179 g/mol. The molecular weight excluding hydrogens is 166 g/mol. The number of nitrogens with zero attached hydrogens (tertiary/aromatic N) is 2. The van der Waals surface area contributed by atoms with Crippen LogP contribution in [0.1, 0.15) is 24.7 Å². The van der Waals surface area contributed by atoms with Crippen molar-refractivity contribution in [1.82, 2.24) is 14.9 Å². The van der Waals surface area contributed by atoms with Gasteiger partial charge in [0, 0.05) is 13.0 Å². The van der Waals surface area contributed by atoms with Gasteiger partial charge in [0.15, 0.2) is 0 Å². The Morgan fingerprint density at radius 2 is 2.54 bits per heavy atom. The van der Waals surface area contributed by atoms with Gasteiger partial charge in [-0.1, -0.05) is 13.3 Å². The Kier molecular flexibility index (Phi) is 2.04. The zero-order valence-electron chi connectivity index (χ0n) is 7.71. The van der Waals surface area contributed by atoms with E-state index >= 15 is 0 Å². The van der Waals surface area contributed by atoms with Crippen molar-refractivity contribution in [2.45, 2.75) is 26.2 Å². The standard InChI is InChI=1S/C9H13N3O/c1-2-3-7-8-4-5-10-9(13)12(8)6-11-7/h6H,2-5H2,1H3,(H,10,13). The fraction of sp³-hybridized carbons (Fsp3) is 0.556. The molecule has 2 rings (SSSR count). The summed E-state index contributed by atoms with van der Waals surface area (Å²) in [6.45, 7) is 2.86. The van der Waals surface area contributed by atoms with Gasteiger partial charge in [-0.3, -0.25) is 4.57 Å². The molecule has 1 aliphatic heterocycles. The molecule has 13 heavy (non-hydrogen) atoms. The van der Waals surface area contributed by atoms with Crippen molar-refractivity contribution in [1.29, 1.82) is 0 Å². The van der Waals surface area contributed by atoms with Gasteiger partial charge in [-0.05, 0) is 6.42 Å². The number of fused-ring (bicyclic) bond motifs is 1. The van der Waals surface area contributed by atoms with Crippen LogP contribution in [-0.4, -0.2) is 22.1 Å². The summed E-state index contributed by atoms with van der Waals surface area (Å²) in [4.78, 5) is 15.6. The van der Waals surface area contributed by atoms with Crippen molar-refractivity contribution in [2.75, 3.05) is 6.54 Å². The van der Waals surface area contributed by atoms with E-state index in [-0.39, 0.29) is 6.03 Å². The first-order valence-electron chi connectivity index (χ1n) is 4.66. The number of carbonyl (C=O) groups is 1. The maximum atomic E-state index is 11.3. The number of aromatic nitrogens is 2. The molecule has 4 nitrogen and oxygen atoms in total. The van der Waals surface area contributed by atoms with Gasteiger partial charge in [0.05, 0.1) is 11.4 Å². The molecule has 70 valence electrons. The van der Waals surface area contributed by atoms with Gasteiger partial charge in [0.25, 0.3) is 0 Å². The molecule has 0 fully saturated rings. The molecule has 0 atom stereocenters. The Hall–Kier alpha value is -1.32. The number of carbonyl (C=O) groups excluding carboxylic acids is 1. The number of hydrogen-bond donors (Lipinski definition) is 1. The molecule has 2 heterocycles. The molecule has 0 aromatic carbocycles. The lowest BCUT2D eigenvalue weighted by Crippen LogP contribution is -2.36. The van der Waals surface area contributed by atoms with E-state index in [1.54, 1.807) is 10.9 Å². The van der Waals surface area contributed by atoms with E-state index in [2.05, 4.69) is 17.2 Å². The quantitative estimate of drug-likeness (QED) is 0.734. The molecule has 1 aromatic heterocycles. The van der Waals surface area contributed by atoms with Gasteiger partial charge in [-0.15, -0.1) is 0 Å². The number of amides is 1. The number of imidazole rings is 1. The number of hydrogen-bond acceptors (Lipinski definition) is 2. The SMILES string of the molecule is CCCc1ncn2c1CCNC2=O. The van der Waals surface area contributed by atoms with Gasteiger partial charge in [0.1, 0.15) is 6.33 Å². The topological polar surface area (TPSA) is 46.9 Å². The summed E-state index contributed by atoms with van der Waals surface area (Å²) in [6, 6.07) is -0.0453. The molecule has 0 saturated carbocycles. The largest absolute Gasteiger partial charge is 0.337 e. The monoisotopic (exact) mass is 179 g/mol. The van der Waals surface area contributed by atoms with Crippen molar-refractivity contribution in [3.8, 4) is 0 Å². The van der Waals surface area contributed by atoms with Gasteiger partial charge in [-0.2, -0.15) is 0 Å². The Balaban J connectivity index is 2.36. The highest BCUT2D eigenvalue weighted by molar-refractivity contribution is 5.78. The molecule has 1 N–H and O–H groups in total. The molecule has 1 aromatic rings. The van der Waals surface area contributed by atoms with E-state index in [4.69, 9.17) is 0 Å². The highest BCUT2D eigenvalue weighted by Crippen LogP contribution is 2.12. The first kappa shape index (κ1) is 8.29. The minimum absolute atomic E-state index is 0.0453. The first-order valence-corrected chi connectivity index (χ1v) is 4.66. The van der Waals surface area contributed by atoms with E-state index in [1.807, 2.05) is 0 Å². The van der Waals surface area contributed by atoms with Crippen LogP contribution in [0, 0.1) is 0 Å². The zero-order valence-corrected chi connectivity index (χ0v) is 7.71. The van der Waals surface area contributed by atoms with Crippen LogP contribution in [0.2, 0.25) is 0 Å². The molecule has 0 saturated heterocycles. The number of nitrogens with one attached hydrogen (secondary N) is 1. The van der Waals surface area contributed by atoms with Crippen molar-refractivity contribution in [2.24, 2.45) is 0 Å². The van der Waals surface area contributed by atoms with Crippen molar-refractivity contribution < 1.29 is 4.79 Å². The lowest BCUT2D eigenvalue weighted by molar-refractivity contribution is 0.239. The average Bonchev–Trinajstić information content (AvgIpc) is 2.51. The van der Waals surface area contributed by atoms with Crippen molar-refractivity contribution in [3.05, 3.63) is 17.7 Å². The minimum atomic E-state index is -0.0453. The van der Waals surface area contributed by atoms with Crippen LogP contribution >= 0.6 is 0 Å². The lowest BCUT2D eigenvalue weighted by atomic mass is 10.1. The predicted octanol–water partition coefficient (Wildman–Crippen LogP) is 0.949. The Morgan fingerprint density at radius 1 is 1.69 bits per heavy atom. The fourth-order valence-corrected chi connectivity index (χ4v) is 1.67. The van der Waals surface area contributed by atoms with Gasteiger partial charge in [0.2, 0.25) is 0 Å². The molecule has 0 bridgehead atoms. The maximum Gasteiger partial charge on any atom is 0.327 e. The summed E-state index contributed by atoms with van der Waals surface area (Å²) in [5.41, 5.74) is 2.17. The molecule has 1 amide bonds. The van der Waals surface area contributed by atoms with E-state index in [0.717, 1.165) is 37.2 Å². The second kappa shape index (κ2) is 3.20. The minimum Gasteiger partial charge on any atom is -0.337 e. The van der Waals surface area contributed by atoms with Crippen LogP contribution in [0.25, 0.3) is 0 Å². The second-order valence-corrected chi connectivity index (χ2v) is 3.24. The third kappa shape index (κ3) is 1.32. The van der Waals surface area contributed by atoms with Crippen LogP contribution in [0.3, 0.4) is 0 Å². The molecular formula is C9H13N3O. The second-order valence-electron chi connectivity index (χ2n) is 3.24. The molecule has 0 unspecified atom stereocenters. The summed E-state index contributed by atoms with van der Waals surface area (Å²) < 4.78 is 1.62. The van der Waals surface area contributed by atoms with Crippen LogP contribution in [0.5, 0.6) is 0 Å². The van der Waals surface area contributed by atoms with Crippen LogP contribution < -0.4 is 5.32 Å². The van der Waals surface area contributed by atoms with Crippen molar-refractivity contribution in [3.63, 3.8) is 0 Å². The van der Waals surface area contributed by atoms with Crippen molar-refractivity contribution >= 4 is 6.03 Å². The van der Waals surface area contributed by atoms with Gasteiger partial charge < -0.3 is 5.32 Å². The molecule has 1 aliphatic rings.